The summed E-state index contributed by atoms with van der Waals surface area (Å²) < 4.78 is 0. The molecule has 0 aliphatic rings. The molecule has 4 nitrogen and oxygen atoms in total. The normalized spacial score (nSPS) is 12.3. The lowest BCUT2D eigenvalue weighted by atomic mass is 10.1. The van der Waals surface area contributed by atoms with Gasteiger partial charge in [0.25, 0.3) is 0 Å². The first-order valence-electron chi connectivity index (χ1n) is 7.14. The van der Waals surface area contributed by atoms with Crippen molar-refractivity contribution in [3.63, 3.8) is 0 Å². The van der Waals surface area contributed by atoms with Gasteiger partial charge in [-0.3, -0.25) is 9.88 Å². The van der Waals surface area contributed by atoms with Crippen molar-refractivity contribution in [2.45, 2.75) is 19.9 Å². The summed E-state index contributed by atoms with van der Waals surface area (Å²) in [6.07, 6.45) is 5.14. The Kier molecular flexibility index (Phi) is 5.50. The molecule has 1 unspecified atom stereocenters. The van der Waals surface area contributed by atoms with Crippen molar-refractivity contribution in [3.05, 3.63) is 54.5 Å². The second kappa shape index (κ2) is 7.60. The summed E-state index contributed by atoms with van der Waals surface area (Å²) in [6.45, 7) is 7.27. The number of rotatable bonds is 7. The molecule has 1 heterocycles. The second-order valence-electron chi connectivity index (χ2n) is 4.62. The van der Waals surface area contributed by atoms with E-state index in [0.717, 1.165) is 25.5 Å². The van der Waals surface area contributed by atoms with Crippen molar-refractivity contribution in [2.75, 3.05) is 25.0 Å². The highest BCUT2D eigenvalue weighted by Gasteiger charge is 2.17. The number of hydrogen-bond acceptors (Lipinski definition) is 4. The van der Waals surface area contributed by atoms with Gasteiger partial charge in [-0.25, -0.2) is 4.98 Å². The summed E-state index contributed by atoms with van der Waals surface area (Å²) in [6, 6.07) is 10.9. The summed E-state index contributed by atoms with van der Waals surface area (Å²) >= 11 is 0. The molecule has 1 aromatic heterocycles. The highest BCUT2D eigenvalue weighted by Crippen LogP contribution is 2.20. The fourth-order valence-corrected chi connectivity index (χ4v) is 2.39. The molecule has 0 spiro atoms. The van der Waals surface area contributed by atoms with Crippen LogP contribution in [0.3, 0.4) is 0 Å². The lowest BCUT2D eigenvalue weighted by molar-refractivity contribution is 0.228. The number of nitrogens with zero attached hydrogens (tertiary/aromatic N) is 3. The van der Waals surface area contributed by atoms with Gasteiger partial charge in [-0.1, -0.05) is 44.2 Å². The maximum absolute atomic E-state index is 4.26. The zero-order valence-corrected chi connectivity index (χ0v) is 12.2. The Morgan fingerprint density at radius 2 is 1.85 bits per heavy atom. The molecule has 1 aromatic carbocycles. The summed E-state index contributed by atoms with van der Waals surface area (Å²) in [5.74, 6) is 0.820. The average molecular weight is 270 g/mol. The van der Waals surface area contributed by atoms with Gasteiger partial charge in [-0.15, -0.1) is 0 Å². The van der Waals surface area contributed by atoms with E-state index in [0.29, 0.717) is 6.04 Å². The Labute approximate surface area is 120 Å². The van der Waals surface area contributed by atoms with E-state index in [2.05, 4.69) is 64.4 Å². The zero-order valence-electron chi connectivity index (χ0n) is 12.2. The third-order valence-electron chi connectivity index (χ3n) is 3.48. The van der Waals surface area contributed by atoms with Crippen molar-refractivity contribution in [1.29, 1.82) is 0 Å². The van der Waals surface area contributed by atoms with E-state index in [1.54, 1.807) is 18.6 Å². The minimum atomic E-state index is 0.341. The molecule has 0 fully saturated rings. The van der Waals surface area contributed by atoms with Crippen LogP contribution in [0, 0.1) is 0 Å². The number of likely N-dealkylation sites (N-methyl/N-ethyl adjacent to an activating group) is 1. The Hall–Kier alpha value is -1.94. The molecule has 0 radical (unpaired) electrons. The van der Waals surface area contributed by atoms with Crippen LogP contribution in [-0.2, 0) is 0 Å². The Bertz CT molecular complexity index is 482. The minimum Gasteiger partial charge on any atom is -0.367 e. The number of benzene rings is 1. The molecule has 1 atom stereocenters. The third-order valence-corrected chi connectivity index (χ3v) is 3.48. The maximum Gasteiger partial charge on any atom is 0.144 e. The van der Waals surface area contributed by atoms with Crippen molar-refractivity contribution >= 4 is 5.82 Å². The molecular weight excluding hydrogens is 248 g/mol. The third kappa shape index (κ3) is 3.78. The molecule has 0 saturated heterocycles. The summed E-state index contributed by atoms with van der Waals surface area (Å²) in [5, 5.41) is 3.38. The van der Waals surface area contributed by atoms with Gasteiger partial charge < -0.3 is 5.32 Å². The number of hydrogen-bond donors (Lipinski definition) is 1. The first-order valence-corrected chi connectivity index (χ1v) is 7.14. The molecule has 2 aromatic rings. The van der Waals surface area contributed by atoms with Crippen LogP contribution in [-0.4, -0.2) is 34.5 Å². The van der Waals surface area contributed by atoms with E-state index in [4.69, 9.17) is 0 Å². The van der Waals surface area contributed by atoms with E-state index in [1.807, 2.05) is 0 Å². The minimum absolute atomic E-state index is 0.341. The van der Waals surface area contributed by atoms with E-state index in [9.17, 15) is 0 Å². The van der Waals surface area contributed by atoms with Crippen LogP contribution in [0.15, 0.2) is 48.9 Å². The van der Waals surface area contributed by atoms with Crippen LogP contribution in [0.4, 0.5) is 5.82 Å². The van der Waals surface area contributed by atoms with Crippen molar-refractivity contribution in [3.8, 4) is 0 Å². The van der Waals surface area contributed by atoms with Crippen LogP contribution < -0.4 is 5.32 Å². The predicted molar refractivity (Wildman–Crippen MR) is 82.6 cm³/mol. The maximum atomic E-state index is 4.26. The molecule has 0 bridgehead atoms. The van der Waals surface area contributed by atoms with Crippen molar-refractivity contribution in [1.82, 2.24) is 14.9 Å². The SMILES string of the molecule is CCN(CC)C(CNc1cnccn1)c1ccccc1. The second-order valence-corrected chi connectivity index (χ2v) is 4.62. The lowest BCUT2D eigenvalue weighted by Gasteiger charge is -2.30. The molecule has 1 N–H and O–H groups in total. The number of aromatic nitrogens is 2. The summed E-state index contributed by atoms with van der Waals surface area (Å²) in [4.78, 5) is 10.8. The largest absolute Gasteiger partial charge is 0.367 e. The zero-order chi connectivity index (χ0) is 14.2. The van der Waals surface area contributed by atoms with E-state index >= 15 is 0 Å². The summed E-state index contributed by atoms with van der Waals surface area (Å²) in [5.41, 5.74) is 1.33. The van der Waals surface area contributed by atoms with Gasteiger partial charge in [0.2, 0.25) is 0 Å². The topological polar surface area (TPSA) is 41.0 Å². The standard InChI is InChI=1S/C16H22N4/c1-3-20(4-2)15(14-8-6-5-7-9-14)12-19-16-13-17-10-11-18-16/h5-11,13,15H,3-4,12H2,1-2H3,(H,18,19). The molecule has 4 heteroatoms. The van der Waals surface area contributed by atoms with Crippen LogP contribution in [0.25, 0.3) is 0 Å². The number of anilines is 1. The molecule has 0 aliphatic heterocycles. The van der Waals surface area contributed by atoms with Crippen LogP contribution in [0.2, 0.25) is 0 Å². The quantitative estimate of drug-likeness (QED) is 0.840. The van der Waals surface area contributed by atoms with Crippen LogP contribution in [0.1, 0.15) is 25.5 Å². The van der Waals surface area contributed by atoms with Gasteiger partial charge in [-0.2, -0.15) is 0 Å². The molecular formula is C16H22N4. The molecule has 106 valence electrons. The molecule has 2 rings (SSSR count). The highest BCUT2D eigenvalue weighted by molar-refractivity contribution is 5.31. The smallest absolute Gasteiger partial charge is 0.144 e. The van der Waals surface area contributed by atoms with Gasteiger partial charge in [0.1, 0.15) is 5.82 Å². The van der Waals surface area contributed by atoms with Gasteiger partial charge in [0, 0.05) is 18.9 Å². The first kappa shape index (κ1) is 14.5. The van der Waals surface area contributed by atoms with Crippen molar-refractivity contribution < 1.29 is 0 Å². The lowest BCUT2D eigenvalue weighted by Crippen LogP contribution is -2.33. The van der Waals surface area contributed by atoms with Gasteiger partial charge in [-0.05, 0) is 18.7 Å². The fourth-order valence-electron chi connectivity index (χ4n) is 2.39. The van der Waals surface area contributed by atoms with Gasteiger partial charge in [0.05, 0.1) is 12.2 Å². The predicted octanol–water partition coefficient (Wildman–Crippen LogP) is 2.97. The van der Waals surface area contributed by atoms with Gasteiger partial charge >= 0.3 is 0 Å². The van der Waals surface area contributed by atoms with E-state index in [1.165, 1.54) is 5.56 Å². The van der Waals surface area contributed by atoms with E-state index < -0.39 is 0 Å². The average Bonchev–Trinajstić information content (AvgIpc) is 2.53. The van der Waals surface area contributed by atoms with Gasteiger partial charge in [0.15, 0.2) is 0 Å². The Morgan fingerprint density at radius 1 is 1.10 bits per heavy atom. The highest BCUT2D eigenvalue weighted by atomic mass is 15.2. The number of nitrogens with one attached hydrogen (secondary N) is 1. The molecule has 0 amide bonds. The molecule has 0 saturated carbocycles. The van der Waals surface area contributed by atoms with Crippen LogP contribution in [0.5, 0.6) is 0 Å². The first-order chi connectivity index (χ1) is 9.85. The van der Waals surface area contributed by atoms with Crippen molar-refractivity contribution in [2.24, 2.45) is 0 Å². The Morgan fingerprint density at radius 3 is 2.45 bits per heavy atom. The Balaban J connectivity index is 2.11. The molecule has 0 aliphatic carbocycles. The van der Waals surface area contributed by atoms with Crippen LogP contribution >= 0.6 is 0 Å². The monoisotopic (exact) mass is 270 g/mol. The molecule has 20 heavy (non-hydrogen) atoms. The fraction of sp³-hybridized carbons (Fsp3) is 0.375. The van der Waals surface area contributed by atoms with E-state index in [-0.39, 0.29) is 0 Å². The summed E-state index contributed by atoms with van der Waals surface area (Å²) in [7, 11) is 0.